The normalized spacial score (nSPS) is 18.2. The predicted octanol–water partition coefficient (Wildman–Crippen LogP) is 7.67. The maximum absolute atomic E-state index is 11.6. The molecular weight excluding hydrogens is 592 g/mol. The summed E-state index contributed by atoms with van der Waals surface area (Å²) >= 11 is 0. The SMILES string of the molecule is CC(C)(C)OC(=O)NCCc1ccc(CCCCOC2CCCCO2)cc1.NCCc1ccc(CCCCOC2CCCCO2)cc1. The number of hydrogen-bond donors (Lipinski definition) is 2. The Kier molecular flexibility index (Phi) is 19.0. The van der Waals surface area contributed by atoms with Gasteiger partial charge in [-0.1, -0.05) is 48.5 Å². The number of unbranched alkanes of at least 4 members (excludes halogenated alkanes) is 2. The van der Waals surface area contributed by atoms with Crippen molar-refractivity contribution >= 4 is 6.09 Å². The summed E-state index contributed by atoms with van der Waals surface area (Å²) in [6, 6.07) is 17.4. The fourth-order valence-corrected chi connectivity index (χ4v) is 5.51. The van der Waals surface area contributed by atoms with Crippen molar-refractivity contribution in [3.63, 3.8) is 0 Å². The van der Waals surface area contributed by atoms with Crippen LogP contribution in [-0.2, 0) is 49.4 Å². The summed E-state index contributed by atoms with van der Waals surface area (Å²) in [6.07, 6.45) is 15.0. The Morgan fingerprint density at radius 2 is 1.15 bits per heavy atom. The average Bonchev–Trinajstić information content (AvgIpc) is 3.06. The number of carbonyl (C=O) groups is 1. The van der Waals surface area contributed by atoms with Crippen LogP contribution in [0.3, 0.4) is 0 Å². The van der Waals surface area contributed by atoms with E-state index in [1.54, 1.807) is 0 Å². The molecule has 2 saturated heterocycles. The van der Waals surface area contributed by atoms with E-state index in [2.05, 4.69) is 53.8 Å². The van der Waals surface area contributed by atoms with Crippen molar-refractivity contribution in [2.75, 3.05) is 39.5 Å². The van der Waals surface area contributed by atoms with E-state index < -0.39 is 5.60 Å². The van der Waals surface area contributed by atoms with E-state index in [9.17, 15) is 4.79 Å². The third-order valence-corrected chi connectivity index (χ3v) is 8.16. The molecule has 2 aliphatic rings. The van der Waals surface area contributed by atoms with E-state index in [0.717, 1.165) is 97.2 Å². The maximum atomic E-state index is 11.6. The molecule has 8 heteroatoms. The Hall–Kier alpha value is -2.49. The second-order valence-electron chi connectivity index (χ2n) is 13.6. The zero-order valence-electron chi connectivity index (χ0n) is 29.4. The summed E-state index contributed by atoms with van der Waals surface area (Å²) in [4.78, 5) is 11.6. The maximum Gasteiger partial charge on any atom is 0.407 e. The molecule has 0 spiro atoms. The van der Waals surface area contributed by atoms with Crippen LogP contribution < -0.4 is 11.1 Å². The number of nitrogens with two attached hydrogens (primary N) is 1. The van der Waals surface area contributed by atoms with E-state index >= 15 is 0 Å². The van der Waals surface area contributed by atoms with Crippen molar-refractivity contribution in [1.82, 2.24) is 5.32 Å². The Morgan fingerprint density at radius 1 is 0.702 bits per heavy atom. The number of aryl methyl sites for hydroxylation is 2. The highest BCUT2D eigenvalue weighted by molar-refractivity contribution is 5.67. The van der Waals surface area contributed by atoms with E-state index in [1.807, 2.05) is 20.8 Å². The number of alkyl carbamates (subject to hydrolysis) is 1. The molecule has 2 fully saturated rings. The van der Waals surface area contributed by atoms with Gasteiger partial charge in [-0.2, -0.15) is 0 Å². The predicted molar refractivity (Wildman–Crippen MR) is 189 cm³/mol. The number of nitrogens with one attached hydrogen (secondary N) is 1. The van der Waals surface area contributed by atoms with Gasteiger partial charge in [0, 0.05) is 33.0 Å². The lowest BCUT2D eigenvalue weighted by Gasteiger charge is -2.22. The van der Waals surface area contributed by atoms with Gasteiger partial charge in [0.2, 0.25) is 0 Å². The molecular formula is C39H62N2O6. The van der Waals surface area contributed by atoms with Gasteiger partial charge in [0.15, 0.2) is 12.6 Å². The van der Waals surface area contributed by atoms with Gasteiger partial charge >= 0.3 is 6.09 Å². The van der Waals surface area contributed by atoms with Gasteiger partial charge in [-0.05, 0) is 139 Å². The Balaban J connectivity index is 0.000000267. The molecule has 4 rings (SSSR count). The molecule has 3 N–H and O–H groups in total. The quantitative estimate of drug-likeness (QED) is 0.169. The molecule has 0 bridgehead atoms. The molecule has 2 heterocycles. The lowest BCUT2D eigenvalue weighted by atomic mass is 10.0. The fraction of sp³-hybridized carbons (Fsp3) is 0.667. The third kappa shape index (κ3) is 18.6. The molecule has 8 nitrogen and oxygen atoms in total. The highest BCUT2D eigenvalue weighted by Gasteiger charge is 2.16. The molecule has 2 unspecified atom stereocenters. The molecule has 2 aromatic carbocycles. The summed E-state index contributed by atoms with van der Waals surface area (Å²) in [7, 11) is 0. The van der Waals surface area contributed by atoms with Crippen molar-refractivity contribution in [1.29, 1.82) is 0 Å². The van der Waals surface area contributed by atoms with Crippen LogP contribution in [0, 0.1) is 0 Å². The van der Waals surface area contributed by atoms with Gasteiger partial charge in [-0.15, -0.1) is 0 Å². The van der Waals surface area contributed by atoms with Crippen molar-refractivity contribution in [2.45, 2.75) is 129 Å². The standard InChI is InChI=1S/C22H35NO4.C17H27NO2/c1-22(2,3)27-21(24)23-15-14-19-12-10-18(11-13-19)8-4-6-16-25-20-9-5-7-17-26-20;18-12-11-16-9-7-15(8-10-16)5-1-3-13-19-17-6-2-4-14-20-17/h10-13,20H,4-9,14-17H2,1-3H3,(H,23,24);7-10,17H,1-6,11-14,18H2. The number of ether oxygens (including phenoxy) is 5. The molecule has 0 saturated carbocycles. The first-order chi connectivity index (χ1) is 22.8. The van der Waals surface area contributed by atoms with Gasteiger partial charge < -0.3 is 34.7 Å². The lowest BCUT2D eigenvalue weighted by Crippen LogP contribution is -2.33. The second kappa shape index (κ2) is 23.0. The van der Waals surface area contributed by atoms with E-state index in [1.165, 1.54) is 47.9 Å². The van der Waals surface area contributed by atoms with E-state index in [4.69, 9.17) is 29.4 Å². The van der Waals surface area contributed by atoms with Crippen LogP contribution in [0.4, 0.5) is 4.79 Å². The number of benzene rings is 2. The van der Waals surface area contributed by atoms with Crippen molar-refractivity contribution in [2.24, 2.45) is 5.73 Å². The molecule has 47 heavy (non-hydrogen) atoms. The molecule has 2 aliphatic heterocycles. The molecule has 2 aromatic rings. The van der Waals surface area contributed by atoms with Crippen LogP contribution in [-0.4, -0.2) is 63.8 Å². The summed E-state index contributed by atoms with van der Waals surface area (Å²) in [5.41, 5.74) is 10.4. The molecule has 264 valence electrons. The van der Waals surface area contributed by atoms with Gasteiger partial charge in [-0.3, -0.25) is 0 Å². The molecule has 0 radical (unpaired) electrons. The van der Waals surface area contributed by atoms with Crippen LogP contribution in [0.5, 0.6) is 0 Å². The van der Waals surface area contributed by atoms with Crippen LogP contribution in [0.25, 0.3) is 0 Å². The van der Waals surface area contributed by atoms with E-state index in [0.29, 0.717) is 6.54 Å². The molecule has 0 aliphatic carbocycles. The first-order valence-electron chi connectivity index (χ1n) is 18.1. The minimum atomic E-state index is -0.458. The highest BCUT2D eigenvalue weighted by atomic mass is 16.7. The number of hydrogen-bond acceptors (Lipinski definition) is 7. The Morgan fingerprint density at radius 3 is 1.55 bits per heavy atom. The highest BCUT2D eigenvalue weighted by Crippen LogP contribution is 2.16. The summed E-state index contributed by atoms with van der Waals surface area (Å²) in [6.45, 7) is 10.2. The summed E-state index contributed by atoms with van der Waals surface area (Å²) in [5.74, 6) is 0. The topological polar surface area (TPSA) is 101 Å². The smallest absolute Gasteiger partial charge is 0.407 e. The van der Waals surface area contributed by atoms with Crippen LogP contribution in [0.15, 0.2) is 48.5 Å². The lowest BCUT2D eigenvalue weighted by molar-refractivity contribution is -0.163. The number of rotatable bonds is 17. The molecule has 2 atom stereocenters. The Bertz CT molecular complexity index is 1070. The largest absolute Gasteiger partial charge is 0.444 e. The zero-order valence-corrected chi connectivity index (χ0v) is 29.4. The fourth-order valence-electron chi connectivity index (χ4n) is 5.51. The van der Waals surface area contributed by atoms with Crippen molar-refractivity contribution < 1.29 is 28.5 Å². The Labute approximate surface area is 284 Å². The van der Waals surface area contributed by atoms with Gasteiger partial charge in [0.05, 0.1) is 0 Å². The zero-order chi connectivity index (χ0) is 33.6. The van der Waals surface area contributed by atoms with Crippen LogP contribution in [0.1, 0.15) is 107 Å². The van der Waals surface area contributed by atoms with Crippen LogP contribution in [0.2, 0.25) is 0 Å². The minimum absolute atomic E-state index is 0.0207. The van der Waals surface area contributed by atoms with Gasteiger partial charge in [0.25, 0.3) is 0 Å². The van der Waals surface area contributed by atoms with Gasteiger partial charge in [-0.25, -0.2) is 4.79 Å². The number of amides is 1. The third-order valence-electron chi connectivity index (χ3n) is 8.16. The van der Waals surface area contributed by atoms with Gasteiger partial charge in [0.1, 0.15) is 5.60 Å². The summed E-state index contributed by atoms with van der Waals surface area (Å²) in [5, 5.41) is 2.79. The number of carbonyl (C=O) groups excluding carboxylic acids is 1. The van der Waals surface area contributed by atoms with Crippen molar-refractivity contribution in [3.8, 4) is 0 Å². The van der Waals surface area contributed by atoms with Crippen LogP contribution >= 0.6 is 0 Å². The summed E-state index contributed by atoms with van der Waals surface area (Å²) < 4.78 is 27.8. The van der Waals surface area contributed by atoms with E-state index in [-0.39, 0.29) is 18.7 Å². The average molecular weight is 655 g/mol. The second-order valence-corrected chi connectivity index (χ2v) is 13.6. The monoisotopic (exact) mass is 654 g/mol. The van der Waals surface area contributed by atoms with Crippen molar-refractivity contribution in [3.05, 3.63) is 70.8 Å². The minimum Gasteiger partial charge on any atom is -0.444 e. The molecule has 1 amide bonds. The first kappa shape index (κ1) is 39.0. The first-order valence-corrected chi connectivity index (χ1v) is 18.1. The molecule has 0 aromatic heterocycles.